The molecule has 0 saturated carbocycles. The summed E-state index contributed by atoms with van der Waals surface area (Å²) in [4.78, 5) is 28.3. The maximum atomic E-state index is 13.3. The lowest BCUT2D eigenvalue weighted by Crippen LogP contribution is -2.30. The van der Waals surface area contributed by atoms with Crippen molar-refractivity contribution in [3.8, 4) is 0 Å². The van der Waals surface area contributed by atoms with E-state index in [0.29, 0.717) is 16.2 Å². The molecule has 0 spiro atoms. The van der Waals surface area contributed by atoms with Crippen LogP contribution in [0.2, 0.25) is 0 Å². The zero-order valence-electron chi connectivity index (χ0n) is 16.3. The highest BCUT2D eigenvalue weighted by Gasteiger charge is 2.39. The van der Waals surface area contributed by atoms with Crippen LogP contribution in [0.5, 0.6) is 0 Å². The van der Waals surface area contributed by atoms with Crippen molar-refractivity contribution in [3.05, 3.63) is 99.8 Å². The summed E-state index contributed by atoms with van der Waals surface area (Å²) in [7, 11) is 0. The number of aryl methyl sites for hydroxylation is 2. The van der Waals surface area contributed by atoms with E-state index in [0.717, 1.165) is 28.0 Å². The van der Waals surface area contributed by atoms with E-state index < -0.39 is 0 Å². The van der Waals surface area contributed by atoms with Crippen molar-refractivity contribution in [2.75, 3.05) is 0 Å². The maximum Gasteiger partial charge on any atom is 0.268 e. The number of amides is 2. The minimum absolute atomic E-state index is 0.246. The number of hydrogen-bond acceptors (Lipinski definition) is 4. The molecule has 0 aliphatic carbocycles. The van der Waals surface area contributed by atoms with E-state index in [1.807, 2.05) is 74.5 Å². The molecule has 2 amide bonds. The van der Waals surface area contributed by atoms with Crippen molar-refractivity contribution in [1.82, 2.24) is 4.90 Å². The Morgan fingerprint density at radius 2 is 1.69 bits per heavy atom. The van der Waals surface area contributed by atoms with Crippen LogP contribution >= 0.6 is 11.8 Å². The maximum absolute atomic E-state index is 13.3. The molecule has 3 aromatic rings. The van der Waals surface area contributed by atoms with Crippen LogP contribution in [0.3, 0.4) is 0 Å². The third kappa shape index (κ3) is 3.91. The topological polar surface area (TPSA) is 50.5 Å². The molecule has 2 heterocycles. The molecule has 2 aromatic carbocycles. The van der Waals surface area contributed by atoms with Crippen molar-refractivity contribution >= 4 is 29.1 Å². The van der Waals surface area contributed by atoms with Gasteiger partial charge >= 0.3 is 0 Å². The third-order valence-electron chi connectivity index (χ3n) is 5.04. The fourth-order valence-corrected chi connectivity index (χ4v) is 4.32. The van der Waals surface area contributed by atoms with Crippen LogP contribution in [0, 0.1) is 13.8 Å². The Morgan fingerprint density at radius 3 is 2.38 bits per heavy atom. The van der Waals surface area contributed by atoms with Crippen molar-refractivity contribution in [2.45, 2.75) is 26.1 Å². The molecule has 4 nitrogen and oxygen atoms in total. The molecule has 0 atom stereocenters. The Kier molecular flexibility index (Phi) is 5.41. The predicted octanol–water partition coefficient (Wildman–Crippen LogP) is 5.11. The fourth-order valence-electron chi connectivity index (χ4n) is 3.29. The van der Waals surface area contributed by atoms with Gasteiger partial charge in [0.1, 0.15) is 5.76 Å². The lowest BCUT2D eigenvalue weighted by Gasteiger charge is -2.15. The van der Waals surface area contributed by atoms with E-state index in [1.165, 1.54) is 16.7 Å². The van der Waals surface area contributed by atoms with Crippen molar-refractivity contribution in [1.29, 1.82) is 0 Å². The summed E-state index contributed by atoms with van der Waals surface area (Å²) in [5.41, 5.74) is 4.42. The first-order valence-corrected chi connectivity index (χ1v) is 10.4. The highest BCUT2D eigenvalue weighted by atomic mass is 32.2. The summed E-state index contributed by atoms with van der Waals surface area (Å²) < 4.78 is 5.40. The van der Waals surface area contributed by atoms with Gasteiger partial charge in [-0.25, -0.2) is 0 Å². The van der Waals surface area contributed by atoms with E-state index in [4.69, 9.17) is 4.42 Å². The van der Waals surface area contributed by atoms with Gasteiger partial charge in [0.2, 0.25) is 0 Å². The lowest BCUT2D eigenvalue weighted by molar-refractivity contribution is -0.137. The first kappa shape index (κ1) is 19.3. The van der Waals surface area contributed by atoms with Gasteiger partial charge in [0, 0.05) is 0 Å². The lowest BCUT2D eigenvalue weighted by atomic mass is 10.0. The molecule has 146 valence electrons. The van der Waals surface area contributed by atoms with E-state index in [-0.39, 0.29) is 18.4 Å². The minimum Gasteiger partial charge on any atom is -0.468 e. The number of imide groups is 1. The van der Waals surface area contributed by atoms with Gasteiger partial charge in [-0.15, -0.1) is 11.8 Å². The first-order chi connectivity index (χ1) is 14.0. The second kappa shape index (κ2) is 8.13. The SMILES string of the molecule is Cc1ccc(C2=C(SCc3ccco3)C(=O)N(Cc3ccccc3)C2=O)cc1C. The van der Waals surface area contributed by atoms with Gasteiger partial charge in [-0.3, -0.25) is 14.5 Å². The van der Waals surface area contributed by atoms with E-state index in [1.54, 1.807) is 6.26 Å². The highest BCUT2D eigenvalue weighted by Crippen LogP contribution is 2.38. The van der Waals surface area contributed by atoms with Crippen molar-refractivity contribution < 1.29 is 14.0 Å². The largest absolute Gasteiger partial charge is 0.468 e. The number of benzene rings is 2. The summed E-state index contributed by atoms with van der Waals surface area (Å²) in [6.45, 7) is 4.30. The molecule has 0 saturated heterocycles. The molecule has 0 radical (unpaired) electrons. The normalized spacial score (nSPS) is 14.2. The third-order valence-corrected chi connectivity index (χ3v) is 6.14. The molecule has 0 unspecified atom stereocenters. The number of furan rings is 1. The number of hydrogen-bond donors (Lipinski definition) is 0. The fraction of sp³-hybridized carbons (Fsp3) is 0.167. The number of thioether (sulfide) groups is 1. The number of carbonyl (C=O) groups excluding carboxylic acids is 2. The average molecular weight is 404 g/mol. The Bertz CT molecular complexity index is 1080. The minimum atomic E-state index is -0.247. The van der Waals surface area contributed by atoms with Gasteiger partial charge in [0.25, 0.3) is 11.8 Å². The van der Waals surface area contributed by atoms with E-state index >= 15 is 0 Å². The second-order valence-corrected chi connectivity index (χ2v) is 8.04. The zero-order chi connectivity index (χ0) is 20.4. The summed E-state index contributed by atoms with van der Waals surface area (Å²) in [6.07, 6.45) is 1.61. The standard InChI is InChI=1S/C24H21NO3S/c1-16-10-11-19(13-17(16)2)21-22(29-15-20-9-6-12-28-20)24(27)25(23(21)26)14-18-7-4-3-5-8-18/h3-13H,14-15H2,1-2H3. The first-order valence-electron chi connectivity index (χ1n) is 9.42. The Balaban J connectivity index is 1.70. The Labute approximate surface area is 174 Å². The second-order valence-electron chi connectivity index (χ2n) is 7.05. The molecule has 0 fully saturated rings. The molecule has 5 heteroatoms. The summed E-state index contributed by atoms with van der Waals surface area (Å²) in [6, 6.07) is 19.1. The van der Waals surface area contributed by atoms with Crippen LogP contribution < -0.4 is 0 Å². The number of rotatable bonds is 6. The van der Waals surface area contributed by atoms with Crippen LogP contribution in [-0.4, -0.2) is 16.7 Å². The Morgan fingerprint density at radius 1 is 0.897 bits per heavy atom. The van der Waals surface area contributed by atoms with Gasteiger partial charge in [-0.05, 0) is 48.2 Å². The zero-order valence-corrected chi connectivity index (χ0v) is 17.2. The molecule has 0 N–H and O–H groups in total. The van der Waals surface area contributed by atoms with Crippen LogP contribution in [0.15, 0.2) is 76.2 Å². The summed E-state index contributed by atoms with van der Waals surface area (Å²) in [5, 5.41) is 0. The van der Waals surface area contributed by atoms with Crippen LogP contribution in [0.25, 0.3) is 5.57 Å². The van der Waals surface area contributed by atoms with E-state index in [2.05, 4.69) is 0 Å². The van der Waals surface area contributed by atoms with E-state index in [9.17, 15) is 9.59 Å². The van der Waals surface area contributed by atoms with Gasteiger partial charge in [-0.1, -0.05) is 48.5 Å². The van der Waals surface area contributed by atoms with Crippen molar-refractivity contribution in [2.24, 2.45) is 0 Å². The molecular weight excluding hydrogens is 382 g/mol. The van der Waals surface area contributed by atoms with Gasteiger partial charge in [0.15, 0.2) is 0 Å². The quantitative estimate of drug-likeness (QED) is 0.537. The number of carbonyl (C=O) groups is 2. The van der Waals surface area contributed by atoms with Crippen LogP contribution in [0.1, 0.15) is 28.0 Å². The van der Waals surface area contributed by atoms with Gasteiger partial charge < -0.3 is 4.42 Å². The summed E-state index contributed by atoms with van der Waals surface area (Å²) >= 11 is 1.35. The Hall–Kier alpha value is -3.05. The predicted molar refractivity (Wildman–Crippen MR) is 115 cm³/mol. The molecule has 1 aliphatic rings. The van der Waals surface area contributed by atoms with Crippen LogP contribution in [-0.2, 0) is 21.9 Å². The average Bonchev–Trinajstić information content (AvgIpc) is 3.32. The molecule has 29 heavy (non-hydrogen) atoms. The summed E-state index contributed by atoms with van der Waals surface area (Å²) in [5.74, 6) is 0.769. The number of nitrogens with zero attached hydrogens (tertiary/aromatic N) is 1. The molecule has 1 aromatic heterocycles. The smallest absolute Gasteiger partial charge is 0.268 e. The van der Waals surface area contributed by atoms with Crippen LogP contribution in [0.4, 0.5) is 0 Å². The van der Waals surface area contributed by atoms with Gasteiger partial charge in [-0.2, -0.15) is 0 Å². The van der Waals surface area contributed by atoms with Gasteiger partial charge in [0.05, 0.1) is 29.0 Å². The molecule has 1 aliphatic heterocycles. The van der Waals surface area contributed by atoms with Crippen molar-refractivity contribution in [3.63, 3.8) is 0 Å². The molecule has 4 rings (SSSR count). The molecular formula is C24H21NO3S. The highest BCUT2D eigenvalue weighted by molar-refractivity contribution is 8.03. The monoisotopic (exact) mass is 403 g/mol. The molecule has 0 bridgehead atoms.